The van der Waals surface area contributed by atoms with Crippen LogP contribution in [0.2, 0.25) is 0 Å². The summed E-state index contributed by atoms with van der Waals surface area (Å²) in [6.07, 6.45) is 2.26. The van der Waals surface area contributed by atoms with E-state index in [2.05, 4.69) is 30.8 Å². The quantitative estimate of drug-likeness (QED) is 0.715. The van der Waals surface area contributed by atoms with Crippen LogP contribution in [0.15, 0.2) is 0 Å². The van der Waals surface area contributed by atoms with Crippen molar-refractivity contribution in [2.45, 2.75) is 31.3 Å². The van der Waals surface area contributed by atoms with Gasteiger partial charge in [-0.2, -0.15) is 0 Å². The molecule has 1 rings (SSSR count). The molecule has 1 aliphatic rings. The number of nitrogens with zero attached hydrogens (tertiary/aromatic N) is 2. The van der Waals surface area contributed by atoms with Crippen LogP contribution in [-0.2, 0) is 4.74 Å². The Morgan fingerprint density at radius 2 is 2.19 bits per heavy atom. The van der Waals surface area contributed by atoms with Gasteiger partial charge >= 0.3 is 0 Å². The highest BCUT2D eigenvalue weighted by Gasteiger charge is 2.36. The first-order valence-electron chi connectivity index (χ1n) is 6.14. The summed E-state index contributed by atoms with van der Waals surface area (Å²) >= 11 is 0. The van der Waals surface area contributed by atoms with Crippen LogP contribution in [0.3, 0.4) is 0 Å². The fourth-order valence-corrected chi connectivity index (χ4v) is 2.36. The van der Waals surface area contributed by atoms with Crippen molar-refractivity contribution in [1.29, 1.82) is 0 Å². The number of likely N-dealkylation sites (N-methyl/N-ethyl adjacent to an activating group) is 1. The summed E-state index contributed by atoms with van der Waals surface area (Å²) in [5, 5.41) is 0. The first-order chi connectivity index (χ1) is 7.53. The second-order valence-corrected chi connectivity index (χ2v) is 5.30. The number of methoxy groups -OCH3 is 1. The Labute approximate surface area is 99.7 Å². The minimum Gasteiger partial charge on any atom is -0.385 e. The van der Waals surface area contributed by atoms with Gasteiger partial charge in [0.1, 0.15) is 0 Å². The van der Waals surface area contributed by atoms with Gasteiger partial charge in [0.05, 0.1) is 0 Å². The number of hydrogen-bond acceptors (Lipinski definition) is 4. The zero-order valence-electron chi connectivity index (χ0n) is 11.2. The van der Waals surface area contributed by atoms with Crippen LogP contribution in [-0.4, -0.2) is 68.8 Å². The molecule has 0 bridgehead atoms. The molecule has 0 spiro atoms. The second-order valence-electron chi connectivity index (χ2n) is 5.30. The van der Waals surface area contributed by atoms with Gasteiger partial charge < -0.3 is 15.4 Å². The fraction of sp³-hybridized carbons (Fsp3) is 1.00. The number of rotatable bonds is 6. The van der Waals surface area contributed by atoms with Crippen LogP contribution >= 0.6 is 0 Å². The maximum absolute atomic E-state index is 5.94. The number of nitrogens with two attached hydrogens (primary N) is 1. The summed E-state index contributed by atoms with van der Waals surface area (Å²) in [6, 6.07) is 0.674. The Hall–Kier alpha value is -0.160. The summed E-state index contributed by atoms with van der Waals surface area (Å²) in [7, 11) is 6.07. The van der Waals surface area contributed by atoms with Crippen molar-refractivity contribution in [2.75, 3.05) is 47.4 Å². The van der Waals surface area contributed by atoms with Crippen LogP contribution in [0, 0.1) is 0 Å². The van der Waals surface area contributed by atoms with Crippen LogP contribution < -0.4 is 5.73 Å². The molecule has 4 heteroatoms. The highest BCUT2D eigenvalue weighted by molar-refractivity contribution is 4.94. The molecule has 0 radical (unpaired) electrons. The van der Waals surface area contributed by atoms with Gasteiger partial charge in [-0.15, -0.1) is 0 Å². The largest absolute Gasteiger partial charge is 0.385 e. The van der Waals surface area contributed by atoms with E-state index in [0.29, 0.717) is 12.6 Å². The predicted molar refractivity (Wildman–Crippen MR) is 67.6 cm³/mol. The summed E-state index contributed by atoms with van der Waals surface area (Å²) in [5.74, 6) is 0. The van der Waals surface area contributed by atoms with E-state index >= 15 is 0 Å². The Balaban J connectivity index is 2.54. The smallest absolute Gasteiger partial charge is 0.0480 e. The summed E-state index contributed by atoms with van der Waals surface area (Å²) in [5.41, 5.74) is 6.04. The van der Waals surface area contributed by atoms with Gasteiger partial charge in [0, 0.05) is 44.9 Å². The lowest BCUT2D eigenvalue weighted by molar-refractivity contribution is 0.0824. The molecule has 1 heterocycles. The normalized spacial score (nSPS) is 26.2. The molecule has 16 heavy (non-hydrogen) atoms. The molecule has 0 aromatic heterocycles. The van der Waals surface area contributed by atoms with E-state index in [1.165, 1.54) is 6.42 Å². The molecule has 0 aromatic rings. The van der Waals surface area contributed by atoms with E-state index in [0.717, 1.165) is 26.1 Å². The number of ether oxygens (including phenoxy) is 1. The van der Waals surface area contributed by atoms with Gasteiger partial charge in [-0.05, 0) is 33.9 Å². The zero-order chi connectivity index (χ0) is 12.2. The third kappa shape index (κ3) is 3.17. The second kappa shape index (κ2) is 5.96. The lowest BCUT2D eigenvalue weighted by Crippen LogP contribution is -2.52. The number of likely N-dealkylation sites (tertiary alicyclic amines) is 1. The summed E-state index contributed by atoms with van der Waals surface area (Å²) in [4.78, 5) is 4.84. The molecule has 2 atom stereocenters. The van der Waals surface area contributed by atoms with Crippen molar-refractivity contribution < 1.29 is 4.74 Å². The minimum atomic E-state index is 0.0980. The van der Waals surface area contributed by atoms with Crippen molar-refractivity contribution >= 4 is 0 Å². The zero-order valence-corrected chi connectivity index (χ0v) is 11.2. The molecule has 2 unspecified atom stereocenters. The molecular formula is C12H27N3O. The van der Waals surface area contributed by atoms with Gasteiger partial charge in [0.25, 0.3) is 0 Å². The third-order valence-electron chi connectivity index (χ3n) is 3.94. The predicted octanol–water partition coefficient (Wildman–Crippen LogP) is 0.376. The van der Waals surface area contributed by atoms with Gasteiger partial charge in [0.15, 0.2) is 0 Å². The minimum absolute atomic E-state index is 0.0980. The van der Waals surface area contributed by atoms with Crippen molar-refractivity contribution in [3.8, 4) is 0 Å². The molecule has 0 aliphatic carbocycles. The lowest BCUT2D eigenvalue weighted by Gasteiger charge is -2.38. The Kier molecular flexibility index (Phi) is 5.18. The van der Waals surface area contributed by atoms with E-state index in [4.69, 9.17) is 10.5 Å². The molecule has 0 amide bonds. The van der Waals surface area contributed by atoms with E-state index in [-0.39, 0.29) is 5.54 Å². The van der Waals surface area contributed by atoms with Crippen molar-refractivity contribution in [3.63, 3.8) is 0 Å². The molecule has 4 nitrogen and oxygen atoms in total. The average molecular weight is 229 g/mol. The standard InChI is InChI=1S/C12H27N3O/c1-12(10-13,6-8-16-4)15-7-5-11(9-15)14(2)3/h11H,5-10,13H2,1-4H3. The third-order valence-corrected chi connectivity index (χ3v) is 3.94. The van der Waals surface area contributed by atoms with E-state index < -0.39 is 0 Å². The van der Waals surface area contributed by atoms with Crippen LogP contribution in [0.25, 0.3) is 0 Å². The van der Waals surface area contributed by atoms with Crippen molar-refractivity contribution in [2.24, 2.45) is 5.73 Å². The average Bonchev–Trinajstić information content (AvgIpc) is 2.75. The Morgan fingerprint density at radius 1 is 1.50 bits per heavy atom. The topological polar surface area (TPSA) is 41.7 Å². The Bertz CT molecular complexity index is 210. The van der Waals surface area contributed by atoms with Gasteiger partial charge in [-0.25, -0.2) is 0 Å². The summed E-state index contributed by atoms with van der Waals surface area (Å²) < 4.78 is 5.18. The molecule has 1 saturated heterocycles. The number of hydrogen-bond donors (Lipinski definition) is 1. The van der Waals surface area contributed by atoms with Gasteiger partial charge in [0.2, 0.25) is 0 Å². The Morgan fingerprint density at radius 3 is 2.62 bits per heavy atom. The maximum Gasteiger partial charge on any atom is 0.0480 e. The van der Waals surface area contributed by atoms with Crippen LogP contribution in [0.4, 0.5) is 0 Å². The van der Waals surface area contributed by atoms with Gasteiger partial charge in [-0.1, -0.05) is 0 Å². The molecule has 1 aliphatic heterocycles. The highest BCUT2D eigenvalue weighted by atomic mass is 16.5. The maximum atomic E-state index is 5.94. The van der Waals surface area contributed by atoms with Crippen LogP contribution in [0.5, 0.6) is 0 Å². The van der Waals surface area contributed by atoms with Crippen molar-refractivity contribution in [3.05, 3.63) is 0 Å². The molecule has 0 aromatic carbocycles. The van der Waals surface area contributed by atoms with E-state index in [1.807, 2.05) is 0 Å². The molecular weight excluding hydrogens is 202 g/mol. The first-order valence-corrected chi connectivity index (χ1v) is 6.14. The SMILES string of the molecule is COCCC(C)(CN)N1CCC(N(C)C)C1. The monoisotopic (exact) mass is 229 g/mol. The van der Waals surface area contributed by atoms with Crippen LogP contribution in [0.1, 0.15) is 19.8 Å². The van der Waals surface area contributed by atoms with E-state index in [9.17, 15) is 0 Å². The molecule has 96 valence electrons. The van der Waals surface area contributed by atoms with Gasteiger partial charge in [-0.3, -0.25) is 4.90 Å². The highest BCUT2D eigenvalue weighted by Crippen LogP contribution is 2.25. The van der Waals surface area contributed by atoms with Crippen molar-refractivity contribution in [1.82, 2.24) is 9.80 Å². The van der Waals surface area contributed by atoms with E-state index in [1.54, 1.807) is 7.11 Å². The summed E-state index contributed by atoms with van der Waals surface area (Å²) in [6.45, 7) is 6.03. The lowest BCUT2D eigenvalue weighted by atomic mass is 9.96. The first kappa shape index (κ1) is 13.9. The fourth-order valence-electron chi connectivity index (χ4n) is 2.36. The molecule has 1 fully saturated rings. The molecule has 0 saturated carbocycles. The molecule has 2 N–H and O–H groups in total.